The van der Waals surface area contributed by atoms with Crippen LogP contribution in [0.1, 0.15) is 5.56 Å². The van der Waals surface area contributed by atoms with Gasteiger partial charge < -0.3 is 10.4 Å². The zero-order valence-corrected chi connectivity index (χ0v) is 11.9. The van der Waals surface area contributed by atoms with Crippen LogP contribution in [0.4, 0.5) is 4.79 Å². The highest BCUT2D eigenvalue weighted by molar-refractivity contribution is 5.90. The van der Waals surface area contributed by atoms with Crippen LogP contribution >= 0.6 is 0 Å². The highest BCUT2D eigenvalue weighted by Gasteiger charge is 2.36. The number of hydrogen-bond donors (Lipinski definition) is 2. The maximum atomic E-state index is 11.4. The minimum absolute atomic E-state index is 0.211. The van der Waals surface area contributed by atoms with Crippen LogP contribution in [0, 0.1) is 0 Å². The van der Waals surface area contributed by atoms with Crippen LogP contribution in [0.15, 0.2) is 54.6 Å². The predicted molar refractivity (Wildman–Crippen MR) is 82.2 cm³/mol. The molecule has 0 radical (unpaired) electrons. The molecule has 2 amide bonds. The molecular formula is C17H16N2O3. The second kappa shape index (κ2) is 5.89. The van der Waals surface area contributed by atoms with E-state index in [0.29, 0.717) is 6.54 Å². The summed E-state index contributed by atoms with van der Waals surface area (Å²) in [6, 6.07) is 17.1. The number of benzene rings is 2. The lowest BCUT2D eigenvalue weighted by molar-refractivity contribution is -0.132. The van der Waals surface area contributed by atoms with Crippen molar-refractivity contribution in [2.45, 2.75) is 12.6 Å². The number of amides is 2. The molecule has 5 nitrogen and oxygen atoms in total. The van der Waals surface area contributed by atoms with Crippen molar-refractivity contribution in [2.24, 2.45) is 0 Å². The summed E-state index contributed by atoms with van der Waals surface area (Å²) in [7, 11) is 0. The molecule has 0 bridgehead atoms. The Morgan fingerprint density at radius 3 is 2.23 bits per heavy atom. The van der Waals surface area contributed by atoms with Crippen molar-refractivity contribution in [3.63, 3.8) is 0 Å². The molecule has 1 atom stereocenters. The van der Waals surface area contributed by atoms with E-state index in [1.807, 2.05) is 54.6 Å². The number of β-lactam (4-membered cyclic amide) rings is 1. The first-order valence-corrected chi connectivity index (χ1v) is 7.07. The first kappa shape index (κ1) is 14.1. The Hall–Kier alpha value is -2.82. The Kier molecular flexibility index (Phi) is 3.78. The molecule has 0 saturated carbocycles. The van der Waals surface area contributed by atoms with Gasteiger partial charge in [0.25, 0.3) is 0 Å². The van der Waals surface area contributed by atoms with Gasteiger partial charge in [0.15, 0.2) is 0 Å². The van der Waals surface area contributed by atoms with Gasteiger partial charge >= 0.3 is 6.09 Å². The van der Waals surface area contributed by atoms with E-state index in [1.54, 1.807) is 0 Å². The number of carboxylic acid groups (broad SMARTS) is 1. The third-order valence-electron chi connectivity index (χ3n) is 3.81. The van der Waals surface area contributed by atoms with Crippen LogP contribution in [0.25, 0.3) is 11.1 Å². The zero-order chi connectivity index (χ0) is 15.5. The van der Waals surface area contributed by atoms with E-state index in [2.05, 4.69) is 5.32 Å². The first-order chi connectivity index (χ1) is 10.6. The van der Waals surface area contributed by atoms with Crippen LogP contribution < -0.4 is 5.32 Å². The van der Waals surface area contributed by atoms with Crippen molar-refractivity contribution in [3.8, 4) is 11.1 Å². The third kappa shape index (κ3) is 2.79. The zero-order valence-electron chi connectivity index (χ0n) is 11.9. The molecule has 2 aromatic rings. The molecule has 1 saturated heterocycles. The SMILES string of the molecule is O=C1NC[C@@H]1N(Cc1ccc(-c2ccccc2)cc1)C(=O)O. The second-order valence-electron chi connectivity index (χ2n) is 5.23. The Bertz CT molecular complexity index is 683. The van der Waals surface area contributed by atoms with Gasteiger partial charge in [-0.25, -0.2) is 4.79 Å². The van der Waals surface area contributed by atoms with Gasteiger partial charge in [-0.05, 0) is 16.7 Å². The standard InChI is InChI=1S/C17H16N2O3/c20-16-15(10-18-16)19(17(21)22)11-12-6-8-14(9-7-12)13-4-2-1-3-5-13/h1-9,15H,10-11H2,(H,18,20)(H,21,22)/t15-/m0/s1. The topological polar surface area (TPSA) is 69.6 Å². The molecule has 3 rings (SSSR count). The Labute approximate surface area is 128 Å². The van der Waals surface area contributed by atoms with Gasteiger partial charge in [-0.3, -0.25) is 9.69 Å². The lowest BCUT2D eigenvalue weighted by Crippen LogP contribution is -2.62. The van der Waals surface area contributed by atoms with E-state index in [0.717, 1.165) is 16.7 Å². The molecule has 0 unspecified atom stereocenters. The number of carbonyl (C=O) groups is 2. The minimum atomic E-state index is -1.08. The van der Waals surface area contributed by atoms with Gasteiger partial charge in [-0.15, -0.1) is 0 Å². The smallest absolute Gasteiger partial charge is 0.408 e. The number of nitrogens with one attached hydrogen (secondary N) is 1. The fraction of sp³-hybridized carbons (Fsp3) is 0.176. The Morgan fingerprint density at radius 2 is 1.73 bits per heavy atom. The van der Waals surface area contributed by atoms with Gasteiger partial charge in [-0.2, -0.15) is 0 Å². The molecule has 1 aliphatic rings. The summed E-state index contributed by atoms with van der Waals surface area (Å²) in [6.45, 7) is 0.593. The van der Waals surface area contributed by atoms with E-state index in [-0.39, 0.29) is 12.5 Å². The molecule has 0 spiro atoms. The number of rotatable bonds is 4. The van der Waals surface area contributed by atoms with Crippen molar-refractivity contribution in [1.29, 1.82) is 0 Å². The number of carbonyl (C=O) groups excluding carboxylic acids is 1. The highest BCUT2D eigenvalue weighted by atomic mass is 16.4. The summed E-state index contributed by atoms with van der Waals surface area (Å²) in [5.74, 6) is -0.233. The average molecular weight is 296 g/mol. The fourth-order valence-electron chi connectivity index (χ4n) is 2.47. The summed E-state index contributed by atoms with van der Waals surface area (Å²) >= 11 is 0. The van der Waals surface area contributed by atoms with E-state index < -0.39 is 12.1 Å². The fourth-order valence-corrected chi connectivity index (χ4v) is 2.47. The second-order valence-corrected chi connectivity index (χ2v) is 5.23. The first-order valence-electron chi connectivity index (χ1n) is 7.07. The number of hydrogen-bond acceptors (Lipinski definition) is 2. The predicted octanol–water partition coefficient (Wildman–Crippen LogP) is 2.33. The van der Waals surface area contributed by atoms with Crippen molar-refractivity contribution in [3.05, 3.63) is 60.2 Å². The molecule has 112 valence electrons. The van der Waals surface area contributed by atoms with Gasteiger partial charge in [0, 0.05) is 13.1 Å². The van der Waals surface area contributed by atoms with E-state index in [4.69, 9.17) is 0 Å². The molecule has 2 N–H and O–H groups in total. The van der Waals surface area contributed by atoms with E-state index >= 15 is 0 Å². The van der Waals surface area contributed by atoms with Gasteiger partial charge in [0.1, 0.15) is 6.04 Å². The lowest BCUT2D eigenvalue weighted by Gasteiger charge is -2.34. The lowest BCUT2D eigenvalue weighted by atomic mass is 10.0. The van der Waals surface area contributed by atoms with Crippen LogP contribution in [0.2, 0.25) is 0 Å². The molecule has 1 aliphatic heterocycles. The largest absolute Gasteiger partial charge is 0.465 e. The minimum Gasteiger partial charge on any atom is -0.465 e. The normalized spacial score (nSPS) is 16.5. The van der Waals surface area contributed by atoms with Gasteiger partial charge in [0.2, 0.25) is 5.91 Å². The molecule has 2 aromatic carbocycles. The molecule has 0 aliphatic carbocycles. The van der Waals surface area contributed by atoms with E-state index in [1.165, 1.54) is 4.90 Å². The monoisotopic (exact) mass is 296 g/mol. The molecule has 0 aromatic heterocycles. The summed E-state index contributed by atoms with van der Waals surface area (Å²) in [6.07, 6.45) is -1.08. The van der Waals surface area contributed by atoms with Crippen LogP contribution in [-0.4, -0.2) is 34.6 Å². The van der Waals surface area contributed by atoms with Crippen LogP contribution in [0.3, 0.4) is 0 Å². The Morgan fingerprint density at radius 1 is 1.09 bits per heavy atom. The van der Waals surface area contributed by atoms with Crippen LogP contribution in [0.5, 0.6) is 0 Å². The van der Waals surface area contributed by atoms with E-state index in [9.17, 15) is 14.7 Å². The Balaban J connectivity index is 1.75. The summed E-state index contributed by atoms with van der Waals surface area (Å²) in [5.41, 5.74) is 3.05. The molecule has 1 fully saturated rings. The van der Waals surface area contributed by atoms with Crippen molar-refractivity contribution < 1.29 is 14.7 Å². The maximum Gasteiger partial charge on any atom is 0.408 e. The average Bonchev–Trinajstić information content (AvgIpc) is 2.54. The highest BCUT2D eigenvalue weighted by Crippen LogP contribution is 2.20. The van der Waals surface area contributed by atoms with Crippen molar-refractivity contribution in [1.82, 2.24) is 10.2 Å². The molecular weight excluding hydrogens is 280 g/mol. The van der Waals surface area contributed by atoms with Crippen LogP contribution in [-0.2, 0) is 11.3 Å². The number of nitrogens with zero attached hydrogens (tertiary/aromatic N) is 1. The van der Waals surface area contributed by atoms with Crippen molar-refractivity contribution in [2.75, 3.05) is 6.54 Å². The molecule has 1 heterocycles. The summed E-state index contributed by atoms with van der Waals surface area (Å²) in [5, 5.41) is 11.8. The maximum absolute atomic E-state index is 11.4. The summed E-state index contributed by atoms with van der Waals surface area (Å²) in [4.78, 5) is 23.9. The quantitative estimate of drug-likeness (QED) is 0.851. The summed E-state index contributed by atoms with van der Waals surface area (Å²) < 4.78 is 0. The third-order valence-corrected chi connectivity index (χ3v) is 3.81. The molecule has 5 heteroatoms. The van der Waals surface area contributed by atoms with Gasteiger partial charge in [0.05, 0.1) is 0 Å². The van der Waals surface area contributed by atoms with Crippen molar-refractivity contribution >= 4 is 12.0 Å². The van der Waals surface area contributed by atoms with Gasteiger partial charge in [-0.1, -0.05) is 54.6 Å². The molecule has 22 heavy (non-hydrogen) atoms.